The zero-order chi connectivity index (χ0) is 18.4. The number of hydrogen-bond acceptors (Lipinski definition) is 4. The van der Waals surface area contributed by atoms with Crippen LogP contribution in [0, 0.1) is 6.92 Å². The summed E-state index contributed by atoms with van der Waals surface area (Å²) in [7, 11) is 0. The molecule has 0 bridgehead atoms. The second kappa shape index (κ2) is 8.67. The minimum Gasteiger partial charge on any atom is -0.354 e. The lowest BCUT2D eigenvalue weighted by atomic mass is 10.1. The summed E-state index contributed by atoms with van der Waals surface area (Å²) >= 11 is 1.76. The molecule has 134 valence electrons. The van der Waals surface area contributed by atoms with Crippen LogP contribution < -0.4 is 10.9 Å². The van der Waals surface area contributed by atoms with Gasteiger partial charge in [0.05, 0.1) is 11.1 Å². The molecule has 3 aromatic rings. The van der Waals surface area contributed by atoms with E-state index in [4.69, 9.17) is 0 Å². The third kappa shape index (κ3) is 4.52. The van der Waals surface area contributed by atoms with Crippen LogP contribution in [0.2, 0.25) is 0 Å². The van der Waals surface area contributed by atoms with Crippen LogP contribution in [0.4, 0.5) is 0 Å². The maximum absolute atomic E-state index is 12.5. The van der Waals surface area contributed by atoms with Gasteiger partial charge in [0.1, 0.15) is 6.54 Å². The number of carbonyl (C=O) groups excluding carboxylic acids is 1. The van der Waals surface area contributed by atoms with Crippen LogP contribution in [0.1, 0.15) is 11.3 Å². The third-order valence-corrected chi connectivity index (χ3v) is 5.06. The predicted octanol–water partition coefficient (Wildman–Crippen LogP) is 2.75. The fraction of sp³-hybridized carbons (Fsp3) is 0.250. The highest BCUT2D eigenvalue weighted by atomic mass is 32.2. The summed E-state index contributed by atoms with van der Waals surface area (Å²) in [5, 5.41) is 8.53. The molecule has 0 aliphatic carbocycles. The maximum atomic E-state index is 12.5. The monoisotopic (exact) mass is 367 g/mol. The number of rotatable bonds is 7. The van der Waals surface area contributed by atoms with Gasteiger partial charge in [0.15, 0.2) is 0 Å². The molecule has 5 nitrogen and oxygen atoms in total. The number of amides is 1. The predicted molar refractivity (Wildman–Crippen MR) is 106 cm³/mol. The number of nitrogens with zero attached hydrogens (tertiary/aromatic N) is 2. The quantitative estimate of drug-likeness (QED) is 0.652. The summed E-state index contributed by atoms with van der Waals surface area (Å²) in [5.74, 6) is 1.54. The zero-order valence-corrected chi connectivity index (χ0v) is 15.5. The van der Waals surface area contributed by atoms with Gasteiger partial charge >= 0.3 is 0 Å². The molecule has 0 unspecified atom stereocenters. The second-order valence-corrected chi connectivity index (χ2v) is 7.09. The van der Waals surface area contributed by atoms with Crippen molar-refractivity contribution in [2.75, 3.05) is 12.3 Å². The van der Waals surface area contributed by atoms with E-state index >= 15 is 0 Å². The molecule has 0 aliphatic rings. The van der Waals surface area contributed by atoms with Crippen molar-refractivity contribution in [1.82, 2.24) is 15.1 Å². The fourth-order valence-electron chi connectivity index (χ4n) is 2.73. The molecule has 1 amide bonds. The van der Waals surface area contributed by atoms with Crippen LogP contribution in [0.5, 0.6) is 0 Å². The van der Waals surface area contributed by atoms with E-state index in [-0.39, 0.29) is 18.0 Å². The largest absolute Gasteiger partial charge is 0.354 e. The molecule has 3 rings (SSSR count). The highest BCUT2D eigenvalue weighted by molar-refractivity contribution is 7.98. The van der Waals surface area contributed by atoms with Gasteiger partial charge in [-0.05, 0) is 18.6 Å². The molecule has 0 radical (unpaired) electrons. The first kappa shape index (κ1) is 18.2. The van der Waals surface area contributed by atoms with Crippen LogP contribution in [-0.4, -0.2) is 28.0 Å². The van der Waals surface area contributed by atoms with Crippen LogP contribution in [0.15, 0.2) is 59.4 Å². The van der Waals surface area contributed by atoms with Gasteiger partial charge in [-0.25, -0.2) is 4.68 Å². The lowest BCUT2D eigenvalue weighted by Gasteiger charge is -2.09. The molecule has 0 saturated heterocycles. The van der Waals surface area contributed by atoms with Crippen LogP contribution in [0.3, 0.4) is 0 Å². The van der Waals surface area contributed by atoms with Crippen molar-refractivity contribution >= 4 is 28.4 Å². The molecule has 0 aliphatic heterocycles. The Morgan fingerprint density at radius 1 is 1.08 bits per heavy atom. The average Bonchev–Trinajstić information content (AvgIpc) is 2.66. The number of aromatic nitrogens is 2. The normalized spacial score (nSPS) is 10.8. The minimum absolute atomic E-state index is 0.0616. The first-order chi connectivity index (χ1) is 12.6. The first-order valence-electron chi connectivity index (χ1n) is 8.50. The topological polar surface area (TPSA) is 64.0 Å². The second-order valence-electron chi connectivity index (χ2n) is 5.98. The third-order valence-electron chi connectivity index (χ3n) is 4.03. The number of fused-ring (bicyclic) bond motifs is 1. The number of hydrogen-bond donors (Lipinski definition) is 1. The lowest BCUT2D eigenvalue weighted by Crippen LogP contribution is -2.35. The highest BCUT2D eigenvalue weighted by Crippen LogP contribution is 2.12. The Morgan fingerprint density at radius 3 is 2.54 bits per heavy atom. The van der Waals surface area contributed by atoms with E-state index in [0.29, 0.717) is 11.9 Å². The number of aryl methyl sites for hydroxylation is 1. The molecule has 2 aromatic carbocycles. The van der Waals surface area contributed by atoms with E-state index in [9.17, 15) is 9.59 Å². The van der Waals surface area contributed by atoms with Crippen molar-refractivity contribution in [2.45, 2.75) is 19.2 Å². The molecule has 1 heterocycles. The highest BCUT2D eigenvalue weighted by Gasteiger charge is 2.10. The Bertz CT molecular complexity index is 954. The van der Waals surface area contributed by atoms with Crippen LogP contribution in [0.25, 0.3) is 10.8 Å². The molecular weight excluding hydrogens is 346 g/mol. The van der Waals surface area contributed by atoms with Gasteiger partial charge < -0.3 is 5.32 Å². The molecule has 0 fully saturated rings. The Hall–Kier alpha value is -2.60. The maximum Gasteiger partial charge on any atom is 0.275 e. The van der Waals surface area contributed by atoms with E-state index < -0.39 is 0 Å². The van der Waals surface area contributed by atoms with E-state index in [1.54, 1.807) is 17.8 Å². The minimum atomic E-state index is -0.236. The summed E-state index contributed by atoms with van der Waals surface area (Å²) in [6, 6.07) is 17.5. The molecule has 26 heavy (non-hydrogen) atoms. The van der Waals surface area contributed by atoms with Gasteiger partial charge in [-0.15, -0.1) is 0 Å². The summed E-state index contributed by atoms with van der Waals surface area (Å²) in [6.45, 7) is 2.35. The lowest BCUT2D eigenvalue weighted by molar-refractivity contribution is -0.121. The Morgan fingerprint density at radius 2 is 1.77 bits per heavy atom. The Balaban J connectivity index is 1.51. The van der Waals surface area contributed by atoms with Gasteiger partial charge in [-0.2, -0.15) is 16.9 Å². The number of thioether (sulfide) groups is 1. The average molecular weight is 367 g/mol. The van der Waals surface area contributed by atoms with Crippen LogP contribution >= 0.6 is 11.8 Å². The molecule has 6 heteroatoms. The SMILES string of the molecule is Cc1nn(CC(=O)NCCSCc2ccccc2)c(=O)c2ccccc12. The van der Waals surface area contributed by atoms with Gasteiger partial charge in [-0.1, -0.05) is 48.5 Å². The molecule has 1 aromatic heterocycles. The molecule has 0 spiro atoms. The van der Waals surface area contributed by atoms with E-state index in [1.165, 1.54) is 10.2 Å². The molecule has 1 N–H and O–H groups in total. The van der Waals surface area contributed by atoms with Gasteiger partial charge in [0.2, 0.25) is 5.91 Å². The molecular formula is C20H21N3O2S. The van der Waals surface area contributed by atoms with E-state index in [1.807, 2.05) is 43.3 Å². The van der Waals surface area contributed by atoms with Gasteiger partial charge in [0, 0.05) is 23.4 Å². The first-order valence-corrected chi connectivity index (χ1v) is 9.65. The van der Waals surface area contributed by atoms with Crippen molar-refractivity contribution in [3.8, 4) is 0 Å². The van der Waals surface area contributed by atoms with E-state index in [2.05, 4.69) is 22.5 Å². The van der Waals surface area contributed by atoms with Gasteiger partial charge in [0.25, 0.3) is 5.56 Å². The van der Waals surface area contributed by atoms with Gasteiger partial charge in [-0.3, -0.25) is 9.59 Å². The summed E-state index contributed by atoms with van der Waals surface area (Å²) in [5.41, 5.74) is 1.78. The zero-order valence-electron chi connectivity index (χ0n) is 14.6. The number of nitrogens with one attached hydrogen (secondary N) is 1. The van der Waals surface area contributed by atoms with E-state index in [0.717, 1.165) is 22.6 Å². The van der Waals surface area contributed by atoms with Crippen molar-refractivity contribution < 1.29 is 4.79 Å². The Kier molecular flexibility index (Phi) is 6.07. The molecule has 0 saturated carbocycles. The summed E-state index contributed by atoms with van der Waals surface area (Å²) < 4.78 is 1.24. The number of carbonyl (C=O) groups is 1. The van der Waals surface area contributed by atoms with Crippen molar-refractivity contribution in [3.05, 3.63) is 76.2 Å². The smallest absolute Gasteiger partial charge is 0.275 e. The van der Waals surface area contributed by atoms with Crippen LogP contribution in [-0.2, 0) is 17.1 Å². The van der Waals surface area contributed by atoms with Crippen molar-refractivity contribution in [2.24, 2.45) is 0 Å². The van der Waals surface area contributed by atoms with Crippen molar-refractivity contribution in [3.63, 3.8) is 0 Å². The number of benzene rings is 2. The summed E-state index contributed by atoms with van der Waals surface area (Å²) in [4.78, 5) is 24.6. The standard InChI is InChI=1S/C20H21N3O2S/c1-15-17-9-5-6-10-18(17)20(25)23(22-15)13-19(24)21-11-12-26-14-16-7-3-2-4-8-16/h2-10H,11-14H2,1H3,(H,21,24). The van der Waals surface area contributed by atoms with Crippen molar-refractivity contribution in [1.29, 1.82) is 0 Å². The molecule has 0 atom stereocenters. The summed E-state index contributed by atoms with van der Waals surface area (Å²) in [6.07, 6.45) is 0. The Labute approximate surface area is 156 Å². The fourth-order valence-corrected chi connectivity index (χ4v) is 3.55.